The number of carbonyl (C=O) groups is 1. The lowest BCUT2D eigenvalue weighted by Gasteiger charge is -2.37. The summed E-state index contributed by atoms with van der Waals surface area (Å²) in [5.74, 6) is 0.599. The van der Waals surface area contributed by atoms with Crippen molar-refractivity contribution in [2.24, 2.45) is 11.3 Å². The fourth-order valence-electron chi connectivity index (χ4n) is 3.14. The Balaban J connectivity index is 1.89. The number of ether oxygens (including phenoxy) is 1. The highest BCUT2D eigenvalue weighted by Crippen LogP contribution is 2.32. The van der Waals surface area contributed by atoms with Gasteiger partial charge in [-0.15, -0.1) is 0 Å². The summed E-state index contributed by atoms with van der Waals surface area (Å²) >= 11 is 0. The Morgan fingerprint density at radius 2 is 2.16 bits per heavy atom. The van der Waals surface area contributed by atoms with Crippen LogP contribution in [0.4, 0.5) is 0 Å². The number of amides is 1. The first-order valence-corrected chi connectivity index (χ1v) is 7.65. The molecule has 2 N–H and O–H groups in total. The smallest absolute Gasteiger partial charge is 0.226 e. The van der Waals surface area contributed by atoms with E-state index < -0.39 is 0 Å². The number of hydrogen-bond donors (Lipinski definition) is 2. The zero-order valence-corrected chi connectivity index (χ0v) is 12.5. The fourth-order valence-corrected chi connectivity index (χ4v) is 3.14. The van der Waals surface area contributed by atoms with Gasteiger partial charge in [0.25, 0.3) is 0 Å². The summed E-state index contributed by atoms with van der Waals surface area (Å²) < 4.78 is 5.65. The second kappa shape index (κ2) is 6.23. The van der Waals surface area contributed by atoms with Crippen LogP contribution in [0.3, 0.4) is 0 Å². The summed E-state index contributed by atoms with van der Waals surface area (Å²) in [7, 11) is 0. The van der Waals surface area contributed by atoms with Crippen molar-refractivity contribution in [1.82, 2.24) is 10.6 Å². The zero-order valence-electron chi connectivity index (χ0n) is 12.5. The van der Waals surface area contributed by atoms with Crippen LogP contribution in [-0.2, 0) is 9.53 Å². The van der Waals surface area contributed by atoms with Gasteiger partial charge in [-0.2, -0.15) is 0 Å². The summed E-state index contributed by atoms with van der Waals surface area (Å²) in [4.78, 5) is 12.5. The van der Waals surface area contributed by atoms with Gasteiger partial charge in [-0.05, 0) is 51.6 Å². The third-order valence-corrected chi connectivity index (χ3v) is 4.78. The maximum Gasteiger partial charge on any atom is 0.226 e. The Morgan fingerprint density at radius 1 is 1.37 bits per heavy atom. The molecule has 19 heavy (non-hydrogen) atoms. The van der Waals surface area contributed by atoms with Crippen LogP contribution in [0.5, 0.6) is 0 Å². The van der Waals surface area contributed by atoms with E-state index in [0.29, 0.717) is 5.92 Å². The second-order valence-corrected chi connectivity index (χ2v) is 6.58. The van der Waals surface area contributed by atoms with Crippen molar-refractivity contribution in [2.75, 3.05) is 19.7 Å². The van der Waals surface area contributed by atoms with Gasteiger partial charge in [0, 0.05) is 12.0 Å². The third kappa shape index (κ3) is 3.48. The molecular formula is C15H28N2O2. The summed E-state index contributed by atoms with van der Waals surface area (Å²) in [5, 5.41) is 6.57. The van der Waals surface area contributed by atoms with Crippen molar-refractivity contribution >= 4 is 5.91 Å². The fraction of sp³-hybridized carbons (Fsp3) is 0.933. The van der Waals surface area contributed by atoms with Gasteiger partial charge in [0.05, 0.1) is 12.1 Å². The molecule has 3 unspecified atom stereocenters. The zero-order chi connectivity index (χ0) is 13.9. The lowest BCUT2D eigenvalue weighted by molar-refractivity contribution is -0.134. The normalized spacial score (nSPS) is 30.1. The summed E-state index contributed by atoms with van der Waals surface area (Å²) in [6.07, 6.45) is 4.68. The Morgan fingerprint density at radius 3 is 2.74 bits per heavy atom. The summed E-state index contributed by atoms with van der Waals surface area (Å²) in [6.45, 7) is 9.07. The Kier molecular flexibility index (Phi) is 4.85. The van der Waals surface area contributed by atoms with Crippen molar-refractivity contribution < 1.29 is 9.53 Å². The molecule has 0 spiro atoms. The van der Waals surface area contributed by atoms with Crippen molar-refractivity contribution in [3.63, 3.8) is 0 Å². The van der Waals surface area contributed by atoms with E-state index in [1.165, 1.54) is 6.42 Å². The van der Waals surface area contributed by atoms with Crippen LogP contribution in [0.2, 0.25) is 0 Å². The minimum absolute atomic E-state index is 0.117. The van der Waals surface area contributed by atoms with Crippen LogP contribution in [-0.4, -0.2) is 37.7 Å². The van der Waals surface area contributed by atoms with Gasteiger partial charge >= 0.3 is 0 Å². The average molecular weight is 268 g/mol. The lowest BCUT2D eigenvalue weighted by Crippen LogP contribution is -2.51. The first-order chi connectivity index (χ1) is 9.01. The van der Waals surface area contributed by atoms with Crippen LogP contribution in [0.15, 0.2) is 0 Å². The SMILES string of the molecule is CC(NC(=O)C(C)(C)C1CCCNC1)C1CCCO1. The Hall–Kier alpha value is -0.610. The third-order valence-electron chi connectivity index (χ3n) is 4.78. The molecule has 0 aromatic carbocycles. The molecule has 0 radical (unpaired) electrons. The quantitative estimate of drug-likeness (QED) is 0.816. The molecule has 1 amide bonds. The molecule has 0 aromatic heterocycles. The average Bonchev–Trinajstić information content (AvgIpc) is 2.93. The van der Waals surface area contributed by atoms with E-state index in [0.717, 1.165) is 39.0 Å². The van der Waals surface area contributed by atoms with Crippen LogP contribution in [0, 0.1) is 11.3 Å². The Bertz CT molecular complexity index is 305. The van der Waals surface area contributed by atoms with Crippen molar-refractivity contribution in [2.45, 2.75) is 58.6 Å². The minimum atomic E-state index is -0.305. The molecule has 2 fully saturated rings. The molecule has 0 saturated carbocycles. The van der Waals surface area contributed by atoms with E-state index in [9.17, 15) is 4.79 Å². The first kappa shape index (κ1) is 14.8. The van der Waals surface area contributed by atoms with Crippen LogP contribution in [0.1, 0.15) is 46.5 Å². The molecular weight excluding hydrogens is 240 g/mol. The Labute approximate surface area is 116 Å². The molecule has 3 atom stereocenters. The molecule has 0 aliphatic carbocycles. The molecule has 4 heteroatoms. The molecule has 0 aromatic rings. The molecule has 110 valence electrons. The maximum absolute atomic E-state index is 12.5. The highest BCUT2D eigenvalue weighted by Gasteiger charge is 2.38. The van der Waals surface area contributed by atoms with Crippen molar-refractivity contribution in [1.29, 1.82) is 0 Å². The van der Waals surface area contributed by atoms with E-state index in [4.69, 9.17) is 4.74 Å². The summed E-state index contributed by atoms with van der Waals surface area (Å²) in [5.41, 5.74) is -0.305. The van der Waals surface area contributed by atoms with Crippen LogP contribution >= 0.6 is 0 Å². The van der Waals surface area contributed by atoms with Crippen molar-refractivity contribution in [3.8, 4) is 0 Å². The van der Waals surface area contributed by atoms with Gasteiger partial charge in [-0.25, -0.2) is 0 Å². The first-order valence-electron chi connectivity index (χ1n) is 7.65. The predicted molar refractivity (Wildman–Crippen MR) is 76.0 cm³/mol. The molecule has 2 saturated heterocycles. The number of rotatable bonds is 4. The second-order valence-electron chi connectivity index (χ2n) is 6.58. The van der Waals surface area contributed by atoms with E-state index in [2.05, 4.69) is 31.4 Å². The molecule has 0 bridgehead atoms. The van der Waals surface area contributed by atoms with Crippen LogP contribution in [0.25, 0.3) is 0 Å². The number of nitrogens with one attached hydrogen (secondary N) is 2. The monoisotopic (exact) mass is 268 g/mol. The van der Waals surface area contributed by atoms with Gasteiger partial charge in [0.15, 0.2) is 0 Å². The van der Waals surface area contributed by atoms with E-state index >= 15 is 0 Å². The number of piperidine rings is 1. The molecule has 2 aliphatic rings. The van der Waals surface area contributed by atoms with Gasteiger partial charge in [0.2, 0.25) is 5.91 Å². The lowest BCUT2D eigenvalue weighted by atomic mass is 9.74. The molecule has 4 nitrogen and oxygen atoms in total. The molecule has 2 heterocycles. The van der Waals surface area contributed by atoms with E-state index in [1.54, 1.807) is 0 Å². The van der Waals surface area contributed by atoms with Crippen LogP contribution < -0.4 is 10.6 Å². The minimum Gasteiger partial charge on any atom is -0.376 e. The predicted octanol–water partition coefficient (Wildman–Crippen LogP) is 1.70. The molecule has 2 aliphatic heterocycles. The van der Waals surface area contributed by atoms with E-state index in [1.807, 2.05) is 0 Å². The van der Waals surface area contributed by atoms with E-state index in [-0.39, 0.29) is 23.5 Å². The van der Waals surface area contributed by atoms with Crippen molar-refractivity contribution in [3.05, 3.63) is 0 Å². The topological polar surface area (TPSA) is 50.4 Å². The highest BCUT2D eigenvalue weighted by atomic mass is 16.5. The van der Waals surface area contributed by atoms with Gasteiger partial charge in [0.1, 0.15) is 0 Å². The molecule has 2 rings (SSSR count). The standard InChI is InChI=1S/C15H28N2O2/c1-11(13-7-5-9-19-13)17-14(18)15(2,3)12-6-4-8-16-10-12/h11-13,16H,4-10H2,1-3H3,(H,17,18). The van der Waals surface area contributed by atoms with Gasteiger partial charge in [-0.3, -0.25) is 4.79 Å². The maximum atomic E-state index is 12.5. The largest absolute Gasteiger partial charge is 0.376 e. The van der Waals surface area contributed by atoms with Gasteiger partial charge in [-0.1, -0.05) is 13.8 Å². The number of hydrogen-bond acceptors (Lipinski definition) is 3. The highest BCUT2D eigenvalue weighted by molar-refractivity contribution is 5.82. The van der Waals surface area contributed by atoms with Gasteiger partial charge < -0.3 is 15.4 Å². The summed E-state index contributed by atoms with van der Waals surface area (Å²) in [6, 6.07) is 0.117. The number of carbonyl (C=O) groups excluding carboxylic acids is 1.